The Morgan fingerprint density at radius 3 is 2.57 bits per heavy atom. The number of aromatic nitrogens is 3. The fourth-order valence-electron chi connectivity index (χ4n) is 3.97. The summed E-state index contributed by atoms with van der Waals surface area (Å²) in [5.74, 6) is 1.66. The zero-order chi connectivity index (χ0) is 19.5. The molecule has 1 aromatic carbocycles. The fourth-order valence-corrected chi connectivity index (χ4v) is 3.97. The van der Waals surface area contributed by atoms with E-state index in [1.807, 2.05) is 18.3 Å². The predicted molar refractivity (Wildman–Crippen MR) is 113 cm³/mol. The van der Waals surface area contributed by atoms with Gasteiger partial charge in [0.05, 0.1) is 18.8 Å². The van der Waals surface area contributed by atoms with Gasteiger partial charge in [0.15, 0.2) is 0 Å². The van der Waals surface area contributed by atoms with Crippen molar-refractivity contribution in [3.8, 4) is 16.9 Å². The number of hydrogen-bond acceptors (Lipinski definition) is 6. The number of ether oxygens (including phenoxy) is 1. The third-order valence-corrected chi connectivity index (χ3v) is 5.69. The van der Waals surface area contributed by atoms with Gasteiger partial charge in [0.25, 0.3) is 0 Å². The molecular weight excluding hydrogens is 350 g/mol. The van der Waals surface area contributed by atoms with E-state index < -0.39 is 0 Å². The summed E-state index contributed by atoms with van der Waals surface area (Å²) in [6.07, 6.45) is 9.96. The molecule has 4 rings (SSSR count). The Hall–Kier alpha value is -2.73. The second kappa shape index (κ2) is 8.10. The van der Waals surface area contributed by atoms with Crippen LogP contribution in [-0.2, 0) is 0 Å². The molecule has 1 aliphatic rings. The lowest BCUT2D eigenvalue weighted by molar-refractivity contribution is 0.221. The molecule has 0 radical (unpaired) electrons. The lowest BCUT2D eigenvalue weighted by Crippen LogP contribution is -2.36. The van der Waals surface area contributed by atoms with Crippen LogP contribution >= 0.6 is 0 Å². The van der Waals surface area contributed by atoms with E-state index in [1.54, 1.807) is 19.6 Å². The van der Waals surface area contributed by atoms with Crippen molar-refractivity contribution in [2.24, 2.45) is 0 Å². The minimum atomic E-state index is 0.455. The molecular formula is C22H27N5O. The Labute approximate surface area is 166 Å². The Morgan fingerprint density at radius 1 is 1.00 bits per heavy atom. The highest BCUT2D eigenvalue weighted by Gasteiger charge is 2.23. The van der Waals surface area contributed by atoms with E-state index in [0.29, 0.717) is 12.1 Å². The summed E-state index contributed by atoms with van der Waals surface area (Å²) in [5, 5.41) is 4.71. The van der Waals surface area contributed by atoms with E-state index in [0.717, 1.165) is 46.4 Å². The fraction of sp³-hybridized carbons (Fsp3) is 0.409. The van der Waals surface area contributed by atoms with Gasteiger partial charge in [-0.2, -0.15) is 0 Å². The number of rotatable bonds is 5. The van der Waals surface area contributed by atoms with Gasteiger partial charge in [-0.15, -0.1) is 0 Å². The van der Waals surface area contributed by atoms with Crippen LogP contribution in [-0.4, -0.2) is 53.1 Å². The largest absolute Gasteiger partial charge is 0.495 e. The van der Waals surface area contributed by atoms with Gasteiger partial charge in [0.1, 0.15) is 17.9 Å². The quantitative estimate of drug-likeness (QED) is 0.725. The first-order chi connectivity index (χ1) is 13.6. The van der Waals surface area contributed by atoms with Crippen molar-refractivity contribution in [3.63, 3.8) is 0 Å². The molecule has 0 aliphatic heterocycles. The molecule has 6 nitrogen and oxygen atoms in total. The van der Waals surface area contributed by atoms with Crippen molar-refractivity contribution in [3.05, 3.63) is 43.0 Å². The highest BCUT2D eigenvalue weighted by molar-refractivity contribution is 5.92. The summed E-state index contributed by atoms with van der Waals surface area (Å²) in [5.41, 5.74) is 3.04. The van der Waals surface area contributed by atoms with E-state index in [9.17, 15) is 0 Å². The van der Waals surface area contributed by atoms with Crippen LogP contribution in [0.4, 0.5) is 5.82 Å². The van der Waals surface area contributed by atoms with Gasteiger partial charge in [0, 0.05) is 29.2 Å². The Morgan fingerprint density at radius 2 is 1.82 bits per heavy atom. The number of methoxy groups -OCH3 is 1. The average molecular weight is 377 g/mol. The molecule has 2 heterocycles. The molecule has 146 valence electrons. The Balaban J connectivity index is 1.60. The maximum Gasteiger partial charge on any atom is 0.137 e. The third kappa shape index (κ3) is 3.92. The van der Waals surface area contributed by atoms with Gasteiger partial charge in [0.2, 0.25) is 0 Å². The van der Waals surface area contributed by atoms with Gasteiger partial charge in [-0.05, 0) is 63.5 Å². The number of anilines is 1. The number of pyridine rings is 1. The van der Waals surface area contributed by atoms with Gasteiger partial charge in [-0.1, -0.05) is 6.07 Å². The van der Waals surface area contributed by atoms with Crippen LogP contribution in [0.2, 0.25) is 0 Å². The van der Waals surface area contributed by atoms with Crippen LogP contribution in [0, 0.1) is 0 Å². The monoisotopic (exact) mass is 377 g/mol. The average Bonchev–Trinajstić information content (AvgIpc) is 2.74. The molecule has 0 unspecified atom stereocenters. The molecule has 0 atom stereocenters. The number of nitrogens with zero attached hydrogens (tertiary/aromatic N) is 4. The number of nitrogens with one attached hydrogen (secondary N) is 1. The molecule has 3 aromatic rings. The van der Waals surface area contributed by atoms with Crippen LogP contribution in [0.25, 0.3) is 22.0 Å². The van der Waals surface area contributed by atoms with Crippen LogP contribution in [0.3, 0.4) is 0 Å². The Bertz CT molecular complexity index is 951. The van der Waals surface area contributed by atoms with Crippen LogP contribution in [0.1, 0.15) is 25.7 Å². The first-order valence-electron chi connectivity index (χ1n) is 9.81. The van der Waals surface area contributed by atoms with Gasteiger partial charge < -0.3 is 15.0 Å². The summed E-state index contributed by atoms with van der Waals surface area (Å²) in [6, 6.07) is 9.38. The van der Waals surface area contributed by atoms with E-state index in [2.05, 4.69) is 51.4 Å². The van der Waals surface area contributed by atoms with Crippen molar-refractivity contribution >= 4 is 16.7 Å². The van der Waals surface area contributed by atoms with Crippen molar-refractivity contribution in [2.45, 2.75) is 37.8 Å². The first-order valence-corrected chi connectivity index (χ1v) is 9.81. The lowest BCUT2D eigenvalue weighted by atomic mass is 9.90. The van der Waals surface area contributed by atoms with E-state index >= 15 is 0 Å². The summed E-state index contributed by atoms with van der Waals surface area (Å²) >= 11 is 0. The number of benzene rings is 1. The van der Waals surface area contributed by atoms with Gasteiger partial charge >= 0.3 is 0 Å². The van der Waals surface area contributed by atoms with Gasteiger partial charge in [-0.25, -0.2) is 9.97 Å². The molecule has 6 heteroatoms. The minimum absolute atomic E-state index is 0.455. The molecule has 0 saturated heterocycles. The summed E-state index contributed by atoms with van der Waals surface area (Å²) in [7, 11) is 6.00. The lowest BCUT2D eigenvalue weighted by Gasteiger charge is -2.33. The van der Waals surface area contributed by atoms with E-state index in [1.165, 1.54) is 12.8 Å². The Kier molecular flexibility index (Phi) is 5.39. The molecule has 0 spiro atoms. The SMILES string of the molecule is COc1cncc(-c2ccc3ncnc(N[C@H]4CC[C@H](N(C)C)CC4)c3c2)c1. The molecule has 1 saturated carbocycles. The van der Waals surface area contributed by atoms with Crippen molar-refractivity contribution in [2.75, 3.05) is 26.5 Å². The van der Waals surface area contributed by atoms with Crippen molar-refractivity contribution in [1.82, 2.24) is 19.9 Å². The standard InChI is InChI=1S/C22H27N5O/c1-27(2)18-7-5-17(6-8-18)26-22-20-11-15(4-9-21(20)24-14-25-22)16-10-19(28-3)13-23-12-16/h4,9-14,17-18H,5-8H2,1-3H3,(H,24,25,26)/t17-,18-. The number of hydrogen-bond donors (Lipinski definition) is 1. The summed E-state index contributed by atoms with van der Waals surface area (Å²) in [6.45, 7) is 0. The highest BCUT2D eigenvalue weighted by Crippen LogP contribution is 2.30. The maximum atomic E-state index is 5.31. The van der Waals surface area contributed by atoms with E-state index in [-0.39, 0.29) is 0 Å². The van der Waals surface area contributed by atoms with Crippen molar-refractivity contribution in [1.29, 1.82) is 0 Å². The topological polar surface area (TPSA) is 63.2 Å². The maximum absolute atomic E-state index is 5.31. The predicted octanol–water partition coefficient (Wildman–Crippen LogP) is 3.99. The summed E-state index contributed by atoms with van der Waals surface area (Å²) < 4.78 is 5.31. The van der Waals surface area contributed by atoms with E-state index in [4.69, 9.17) is 4.74 Å². The summed E-state index contributed by atoms with van der Waals surface area (Å²) in [4.78, 5) is 15.6. The van der Waals surface area contributed by atoms with Crippen LogP contribution < -0.4 is 10.1 Å². The zero-order valence-electron chi connectivity index (χ0n) is 16.7. The molecule has 1 N–H and O–H groups in total. The molecule has 0 bridgehead atoms. The van der Waals surface area contributed by atoms with Gasteiger partial charge in [-0.3, -0.25) is 4.98 Å². The smallest absolute Gasteiger partial charge is 0.137 e. The second-order valence-corrected chi connectivity index (χ2v) is 7.68. The molecule has 2 aromatic heterocycles. The third-order valence-electron chi connectivity index (χ3n) is 5.69. The second-order valence-electron chi connectivity index (χ2n) is 7.68. The molecule has 28 heavy (non-hydrogen) atoms. The zero-order valence-corrected chi connectivity index (χ0v) is 16.7. The number of fused-ring (bicyclic) bond motifs is 1. The normalized spacial score (nSPS) is 19.7. The molecule has 1 fully saturated rings. The van der Waals surface area contributed by atoms with Crippen LogP contribution in [0.5, 0.6) is 5.75 Å². The van der Waals surface area contributed by atoms with Crippen molar-refractivity contribution < 1.29 is 4.74 Å². The van der Waals surface area contributed by atoms with Crippen LogP contribution in [0.15, 0.2) is 43.0 Å². The molecule has 1 aliphatic carbocycles. The highest BCUT2D eigenvalue weighted by atomic mass is 16.5. The first kappa shape index (κ1) is 18.6. The molecule has 0 amide bonds. The minimum Gasteiger partial charge on any atom is -0.495 e.